The monoisotopic (exact) mass is 372 g/mol. The molecule has 0 aliphatic heterocycles. The third-order valence-corrected chi connectivity index (χ3v) is 5.45. The summed E-state index contributed by atoms with van der Waals surface area (Å²) in [6.07, 6.45) is -4.20. The number of hydrogen-bond acceptors (Lipinski definition) is 3. The Morgan fingerprint density at radius 1 is 1.00 bits per heavy atom. The van der Waals surface area contributed by atoms with Gasteiger partial charge in [0.05, 0.1) is 10.5 Å². The third kappa shape index (κ3) is 5.04. The molecule has 8 heteroatoms. The predicted octanol–water partition coefficient (Wildman–Crippen LogP) is 3.25. The van der Waals surface area contributed by atoms with Crippen LogP contribution >= 0.6 is 0 Å². The molecule has 2 aromatic rings. The van der Waals surface area contributed by atoms with Crippen molar-refractivity contribution in [2.75, 3.05) is 13.1 Å². The molecule has 2 N–H and O–H groups in total. The molecule has 0 fully saturated rings. The second kappa shape index (κ2) is 7.99. The highest BCUT2D eigenvalue weighted by atomic mass is 32.2. The average Bonchev–Trinajstić information content (AvgIpc) is 2.58. The summed E-state index contributed by atoms with van der Waals surface area (Å²) in [5.74, 6) is 0. The van der Waals surface area contributed by atoms with Crippen molar-refractivity contribution in [2.45, 2.75) is 24.0 Å². The predicted molar refractivity (Wildman–Crippen MR) is 89.2 cm³/mol. The number of nitrogens with two attached hydrogens (primary N) is 1. The van der Waals surface area contributed by atoms with Gasteiger partial charge in [-0.15, -0.1) is 0 Å². The lowest BCUT2D eigenvalue weighted by Gasteiger charge is -2.22. The van der Waals surface area contributed by atoms with Gasteiger partial charge in [0.2, 0.25) is 10.0 Å². The van der Waals surface area contributed by atoms with E-state index in [1.54, 1.807) is 30.3 Å². The van der Waals surface area contributed by atoms with Gasteiger partial charge < -0.3 is 5.73 Å². The van der Waals surface area contributed by atoms with Crippen LogP contribution in [-0.4, -0.2) is 25.8 Å². The van der Waals surface area contributed by atoms with Crippen molar-refractivity contribution >= 4 is 10.0 Å². The molecule has 0 aromatic heterocycles. The number of alkyl halides is 3. The van der Waals surface area contributed by atoms with Gasteiger partial charge in [-0.25, -0.2) is 8.42 Å². The minimum absolute atomic E-state index is 0.0689. The topological polar surface area (TPSA) is 63.4 Å². The van der Waals surface area contributed by atoms with Crippen LogP contribution in [0.5, 0.6) is 0 Å². The highest BCUT2D eigenvalue weighted by Gasteiger charge is 2.33. The third-order valence-electron chi connectivity index (χ3n) is 3.61. The van der Waals surface area contributed by atoms with Crippen LogP contribution in [0.15, 0.2) is 59.5 Å². The summed E-state index contributed by atoms with van der Waals surface area (Å²) in [7, 11) is -4.08. The van der Waals surface area contributed by atoms with Crippen molar-refractivity contribution in [2.24, 2.45) is 5.73 Å². The lowest BCUT2D eigenvalue weighted by Crippen LogP contribution is -2.32. The number of hydrogen-bond donors (Lipinski definition) is 1. The highest BCUT2D eigenvalue weighted by molar-refractivity contribution is 7.89. The Kier molecular flexibility index (Phi) is 6.21. The minimum Gasteiger partial charge on any atom is -0.330 e. The Bertz CT molecular complexity index is 793. The summed E-state index contributed by atoms with van der Waals surface area (Å²) in [4.78, 5) is -0.379. The van der Waals surface area contributed by atoms with Crippen LogP contribution in [0, 0.1) is 0 Å². The van der Waals surface area contributed by atoms with E-state index >= 15 is 0 Å². The molecule has 0 aliphatic rings. The van der Waals surface area contributed by atoms with E-state index in [1.807, 2.05) is 0 Å². The molecule has 4 nitrogen and oxygen atoms in total. The summed E-state index contributed by atoms with van der Waals surface area (Å²) < 4.78 is 65.5. The number of halogens is 3. The Balaban J connectivity index is 2.37. The smallest absolute Gasteiger partial charge is 0.330 e. The van der Waals surface area contributed by atoms with Gasteiger partial charge in [0.15, 0.2) is 0 Å². The van der Waals surface area contributed by atoms with Gasteiger partial charge in [0, 0.05) is 13.1 Å². The van der Waals surface area contributed by atoms with Gasteiger partial charge in [0.1, 0.15) is 0 Å². The average molecular weight is 372 g/mol. The first-order valence-corrected chi connectivity index (χ1v) is 9.10. The van der Waals surface area contributed by atoms with Gasteiger partial charge in [-0.2, -0.15) is 17.5 Å². The Morgan fingerprint density at radius 2 is 1.68 bits per heavy atom. The van der Waals surface area contributed by atoms with E-state index in [9.17, 15) is 21.6 Å². The van der Waals surface area contributed by atoms with Crippen molar-refractivity contribution < 1.29 is 21.6 Å². The van der Waals surface area contributed by atoms with E-state index in [4.69, 9.17) is 5.73 Å². The first-order chi connectivity index (χ1) is 11.7. The maximum absolute atomic E-state index is 12.9. The molecular formula is C17H19F3N2O2S. The first kappa shape index (κ1) is 19.4. The molecule has 0 bridgehead atoms. The number of benzene rings is 2. The van der Waals surface area contributed by atoms with E-state index in [0.29, 0.717) is 12.5 Å². The van der Waals surface area contributed by atoms with Crippen molar-refractivity contribution in [1.29, 1.82) is 0 Å². The van der Waals surface area contributed by atoms with Crippen LogP contribution in [0.3, 0.4) is 0 Å². The minimum atomic E-state index is -4.60. The largest absolute Gasteiger partial charge is 0.416 e. The summed E-state index contributed by atoms with van der Waals surface area (Å²) in [6.45, 7) is 0.479. The Labute approximate surface area is 145 Å². The summed E-state index contributed by atoms with van der Waals surface area (Å²) in [5.41, 5.74) is 5.22. The summed E-state index contributed by atoms with van der Waals surface area (Å²) >= 11 is 0. The molecule has 136 valence electrons. The molecule has 0 aliphatic carbocycles. The SMILES string of the molecule is NCCCN(Cc1ccccc1)S(=O)(=O)c1cccc(C(F)(F)F)c1. The normalized spacial score (nSPS) is 12.5. The zero-order chi connectivity index (χ0) is 18.5. The van der Waals surface area contributed by atoms with E-state index in [1.165, 1.54) is 6.07 Å². The lowest BCUT2D eigenvalue weighted by atomic mass is 10.2. The molecule has 2 rings (SSSR count). The molecule has 25 heavy (non-hydrogen) atoms. The Morgan fingerprint density at radius 3 is 2.28 bits per heavy atom. The summed E-state index contributed by atoms with van der Waals surface area (Å²) in [6, 6.07) is 12.6. The van der Waals surface area contributed by atoms with Gasteiger partial charge in [-0.1, -0.05) is 36.4 Å². The van der Waals surface area contributed by atoms with E-state index in [2.05, 4.69) is 0 Å². The van der Waals surface area contributed by atoms with Crippen molar-refractivity contribution in [1.82, 2.24) is 4.31 Å². The van der Waals surface area contributed by atoms with Gasteiger partial charge in [-0.05, 0) is 36.7 Å². The maximum Gasteiger partial charge on any atom is 0.416 e. The number of nitrogens with zero attached hydrogens (tertiary/aromatic N) is 1. The van der Waals surface area contributed by atoms with Gasteiger partial charge in [-0.3, -0.25) is 0 Å². The molecule has 0 radical (unpaired) electrons. The fraction of sp³-hybridized carbons (Fsp3) is 0.294. The standard InChI is InChI=1S/C17H19F3N2O2S/c18-17(19,20)15-8-4-9-16(12-15)25(23,24)22(11-5-10-21)13-14-6-2-1-3-7-14/h1-4,6-9,12H,5,10-11,13,21H2. The van der Waals surface area contributed by atoms with Gasteiger partial charge >= 0.3 is 6.18 Å². The zero-order valence-electron chi connectivity index (χ0n) is 13.4. The fourth-order valence-electron chi connectivity index (χ4n) is 2.32. The second-order valence-corrected chi connectivity index (χ2v) is 7.43. The molecule has 0 spiro atoms. The molecule has 0 unspecified atom stereocenters. The van der Waals surface area contributed by atoms with Crippen LogP contribution in [0.2, 0.25) is 0 Å². The van der Waals surface area contributed by atoms with Crippen LogP contribution in [0.1, 0.15) is 17.5 Å². The number of rotatable bonds is 7. The van der Waals surface area contributed by atoms with Crippen molar-refractivity contribution in [3.63, 3.8) is 0 Å². The highest BCUT2D eigenvalue weighted by Crippen LogP contribution is 2.31. The van der Waals surface area contributed by atoms with E-state index in [-0.39, 0.29) is 24.5 Å². The van der Waals surface area contributed by atoms with E-state index in [0.717, 1.165) is 22.0 Å². The zero-order valence-corrected chi connectivity index (χ0v) is 14.2. The molecule has 2 aromatic carbocycles. The van der Waals surface area contributed by atoms with Crippen LogP contribution < -0.4 is 5.73 Å². The molecule has 0 heterocycles. The van der Waals surface area contributed by atoms with E-state index < -0.39 is 21.8 Å². The molecule has 0 saturated carbocycles. The molecule has 0 amide bonds. The Hall–Kier alpha value is -1.90. The van der Waals surface area contributed by atoms with Crippen LogP contribution in [-0.2, 0) is 22.7 Å². The summed E-state index contributed by atoms with van der Waals surface area (Å²) in [5, 5.41) is 0. The van der Waals surface area contributed by atoms with Crippen LogP contribution in [0.4, 0.5) is 13.2 Å². The van der Waals surface area contributed by atoms with Crippen molar-refractivity contribution in [3.8, 4) is 0 Å². The van der Waals surface area contributed by atoms with Crippen LogP contribution in [0.25, 0.3) is 0 Å². The lowest BCUT2D eigenvalue weighted by molar-refractivity contribution is -0.137. The second-order valence-electron chi connectivity index (χ2n) is 5.49. The molecule has 0 atom stereocenters. The molecular weight excluding hydrogens is 353 g/mol. The van der Waals surface area contributed by atoms with Crippen molar-refractivity contribution in [3.05, 3.63) is 65.7 Å². The van der Waals surface area contributed by atoms with Gasteiger partial charge in [0.25, 0.3) is 0 Å². The number of sulfonamides is 1. The maximum atomic E-state index is 12.9. The molecule has 0 saturated heterocycles. The first-order valence-electron chi connectivity index (χ1n) is 7.66. The fourth-order valence-corrected chi connectivity index (χ4v) is 3.83. The quantitative estimate of drug-likeness (QED) is 0.812.